The molecule has 142 valence electrons. The molecule has 0 bridgehead atoms. The molecule has 0 spiro atoms. The van der Waals surface area contributed by atoms with Gasteiger partial charge in [0.25, 0.3) is 0 Å². The van der Waals surface area contributed by atoms with Gasteiger partial charge in [0.1, 0.15) is 5.82 Å². The monoisotopic (exact) mass is 407 g/mol. The number of carbonyl (C=O) groups is 1. The summed E-state index contributed by atoms with van der Waals surface area (Å²) in [5, 5.41) is 3.61. The van der Waals surface area contributed by atoms with Crippen LogP contribution in [0.15, 0.2) is 53.4 Å². The Balaban J connectivity index is 1.53. The van der Waals surface area contributed by atoms with Crippen LogP contribution in [0.25, 0.3) is 10.2 Å². The minimum absolute atomic E-state index is 0.0614. The number of nitrogens with one attached hydrogen (secondary N) is 1. The number of fused-ring (bicyclic) bond motifs is 1. The number of nitrogens with zero attached hydrogens (tertiary/aromatic N) is 2. The van der Waals surface area contributed by atoms with E-state index in [1.165, 1.54) is 19.2 Å². The average Bonchev–Trinajstić information content (AvgIpc) is 3.04. The van der Waals surface area contributed by atoms with Gasteiger partial charge in [-0.05, 0) is 36.4 Å². The number of rotatable bonds is 7. The predicted octanol–water partition coefficient (Wildman–Crippen LogP) is 2.41. The first-order chi connectivity index (χ1) is 12.9. The van der Waals surface area contributed by atoms with Crippen molar-refractivity contribution in [3.8, 4) is 0 Å². The van der Waals surface area contributed by atoms with Crippen molar-refractivity contribution in [1.29, 1.82) is 0 Å². The van der Waals surface area contributed by atoms with E-state index in [9.17, 15) is 17.6 Å². The third kappa shape index (κ3) is 4.68. The van der Waals surface area contributed by atoms with Crippen molar-refractivity contribution in [3.63, 3.8) is 0 Å². The minimum Gasteiger partial charge on any atom is -0.355 e. The second-order valence-electron chi connectivity index (χ2n) is 5.89. The third-order valence-electron chi connectivity index (χ3n) is 3.89. The number of benzene rings is 2. The van der Waals surface area contributed by atoms with Gasteiger partial charge >= 0.3 is 0 Å². The summed E-state index contributed by atoms with van der Waals surface area (Å²) in [6.07, 6.45) is 0.569. The molecule has 0 aliphatic carbocycles. The Labute approximate surface area is 160 Å². The highest BCUT2D eigenvalue weighted by Crippen LogP contribution is 2.21. The summed E-state index contributed by atoms with van der Waals surface area (Å²) < 4.78 is 39.8. The van der Waals surface area contributed by atoms with Gasteiger partial charge < -0.3 is 5.32 Å². The topological polar surface area (TPSA) is 79.4 Å². The molecule has 0 radical (unpaired) electrons. The molecule has 0 aliphatic heterocycles. The molecule has 0 atom stereocenters. The van der Waals surface area contributed by atoms with E-state index in [2.05, 4.69) is 10.3 Å². The summed E-state index contributed by atoms with van der Waals surface area (Å²) in [4.78, 5) is 16.5. The van der Waals surface area contributed by atoms with Crippen molar-refractivity contribution in [2.45, 2.75) is 11.3 Å². The molecule has 0 unspecified atom stereocenters. The van der Waals surface area contributed by atoms with Gasteiger partial charge in [-0.25, -0.2) is 17.8 Å². The summed E-state index contributed by atoms with van der Waals surface area (Å²) in [6.45, 7) is 0.0443. The number of carbonyl (C=O) groups excluding carboxylic acids is 1. The maximum absolute atomic E-state index is 13.0. The molecular formula is C18H18FN3O3S2. The fraction of sp³-hybridized carbons (Fsp3) is 0.222. The average molecular weight is 407 g/mol. The lowest BCUT2D eigenvalue weighted by atomic mass is 10.3. The molecule has 1 N–H and O–H groups in total. The number of sulfonamides is 1. The number of thiazole rings is 1. The number of halogens is 1. The molecule has 1 aromatic heterocycles. The van der Waals surface area contributed by atoms with E-state index in [0.717, 1.165) is 31.7 Å². The lowest BCUT2D eigenvalue weighted by Gasteiger charge is -2.16. The van der Waals surface area contributed by atoms with Gasteiger partial charge in [-0.1, -0.05) is 12.1 Å². The second-order valence-corrected chi connectivity index (χ2v) is 9.05. The van der Waals surface area contributed by atoms with E-state index < -0.39 is 21.7 Å². The van der Waals surface area contributed by atoms with Crippen LogP contribution in [0.2, 0.25) is 0 Å². The van der Waals surface area contributed by atoms with Crippen molar-refractivity contribution >= 4 is 37.5 Å². The Morgan fingerprint density at radius 1 is 1.19 bits per heavy atom. The Bertz CT molecular complexity index is 1020. The Morgan fingerprint density at radius 3 is 2.59 bits per heavy atom. The van der Waals surface area contributed by atoms with Crippen molar-refractivity contribution in [3.05, 3.63) is 59.4 Å². The lowest BCUT2D eigenvalue weighted by molar-refractivity contribution is -0.121. The smallest absolute Gasteiger partial charge is 0.243 e. The first-order valence-electron chi connectivity index (χ1n) is 8.19. The number of hydrogen-bond donors (Lipinski definition) is 1. The van der Waals surface area contributed by atoms with E-state index in [1.807, 2.05) is 24.3 Å². The first-order valence-corrected chi connectivity index (χ1v) is 10.4. The van der Waals surface area contributed by atoms with Crippen molar-refractivity contribution in [2.75, 3.05) is 20.1 Å². The Morgan fingerprint density at radius 2 is 1.89 bits per heavy atom. The van der Waals surface area contributed by atoms with Gasteiger partial charge in [0.2, 0.25) is 15.9 Å². The molecule has 6 nitrogen and oxygen atoms in total. The van der Waals surface area contributed by atoms with E-state index in [0.29, 0.717) is 13.0 Å². The number of amides is 1. The van der Waals surface area contributed by atoms with Crippen LogP contribution < -0.4 is 5.32 Å². The second kappa shape index (κ2) is 8.12. The SMILES string of the molecule is CN(CC(=O)NCCc1nc2ccccc2s1)S(=O)(=O)c1ccc(F)cc1. The maximum atomic E-state index is 13.0. The van der Waals surface area contributed by atoms with Crippen LogP contribution in [0.5, 0.6) is 0 Å². The zero-order chi connectivity index (χ0) is 19.4. The normalized spacial score (nSPS) is 11.8. The highest BCUT2D eigenvalue weighted by molar-refractivity contribution is 7.89. The van der Waals surface area contributed by atoms with Crippen LogP contribution in [0, 0.1) is 5.82 Å². The number of aromatic nitrogens is 1. The number of hydrogen-bond acceptors (Lipinski definition) is 5. The van der Waals surface area contributed by atoms with Crippen molar-refractivity contribution in [1.82, 2.24) is 14.6 Å². The van der Waals surface area contributed by atoms with Crippen LogP contribution in [-0.4, -0.2) is 43.8 Å². The summed E-state index contributed by atoms with van der Waals surface area (Å²) in [5.74, 6) is -0.937. The predicted molar refractivity (Wildman–Crippen MR) is 103 cm³/mol. The molecule has 1 amide bonds. The fourth-order valence-corrected chi connectivity index (χ4v) is 4.56. The molecule has 2 aromatic carbocycles. The Kier molecular flexibility index (Phi) is 5.83. The van der Waals surface area contributed by atoms with Crippen molar-refractivity contribution < 1.29 is 17.6 Å². The van der Waals surface area contributed by atoms with Crippen molar-refractivity contribution in [2.24, 2.45) is 0 Å². The van der Waals surface area contributed by atoms with Crippen LogP contribution in [0.3, 0.4) is 0 Å². The molecule has 3 aromatic rings. The minimum atomic E-state index is -3.85. The molecule has 9 heteroatoms. The maximum Gasteiger partial charge on any atom is 0.243 e. The molecule has 3 rings (SSSR count). The van der Waals surface area contributed by atoms with E-state index in [1.54, 1.807) is 11.3 Å². The molecule has 0 aliphatic rings. The Hall–Kier alpha value is -2.36. The number of para-hydroxylation sites is 1. The van der Waals surface area contributed by atoms with Gasteiger partial charge in [-0.3, -0.25) is 4.79 Å². The molecule has 27 heavy (non-hydrogen) atoms. The quantitative estimate of drug-likeness (QED) is 0.652. The molecule has 0 saturated carbocycles. The van der Waals surface area contributed by atoms with Gasteiger partial charge in [-0.2, -0.15) is 4.31 Å². The summed E-state index contributed by atoms with van der Waals surface area (Å²) >= 11 is 1.57. The molecule has 0 fully saturated rings. The lowest BCUT2D eigenvalue weighted by Crippen LogP contribution is -2.39. The van der Waals surface area contributed by atoms with Crippen LogP contribution in [-0.2, 0) is 21.2 Å². The highest BCUT2D eigenvalue weighted by atomic mass is 32.2. The first kappa shape index (κ1) is 19.4. The standard InChI is InChI=1S/C18H18FN3O3S2/c1-22(27(24,25)14-8-6-13(19)7-9-14)12-17(23)20-11-10-18-21-15-4-2-3-5-16(15)26-18/h2-9H,10-12H2,1H3,(H,20,23). The summed E-state index contributed by atoms with van der Waals surface area (Å²) in [7, 11) is -2.54. The van der Waals surface area contributed by atoms with Gasteiger partial charge in [0.15, 0.2) is 0 Å². The third-order valence-corrected chi connectivity index (χ3v) is 6.80. The summed E-state index contributed by atoms with van der Waals surface area (Å²) in [6, 6.07) is 12.3. The van der Waals surface area contributed by atoms with Gasteiger partial charge in [0, 0.05) is 20.0 Å². The molecule has 1 heterocycles. The number of likely N-dealkylation sites (N-methyl/N-ethyl adjacent to an activating group) is 1. The zero-order valence-electron chi connectivity index (χ0n) is 14.6. The van der Waals surface area contributed by atoms with Gasteiger partial charge in [0.05, 0.1) is 26.7 Å². The summed E-state index contributed by atoms with van der Waals surface area (Å²) in [5.41, 5.74) is 0.925. The fourth-order valence-electron chi connectivity index (χ4n) is 2.47. The highest BCUT2D eigenvalue weighted by Gasteiger charge is 2.22. The molecular weight excluding hydrogens is 389 g/mol. The largest absolute Gasteiger partial charge is 0.355 e. The van der Waals surface area contributed by atoms with Crippen LogP contribution in [0.1, 0.15) is 5.01 Å². The van der Waals surface area contributed by atoms with Gasteiger partial charge in [-0.15, -0.1) is 11.3 Å². The van der Waals surface area contributed by atoms with Crippen LogP contribution >= 0.6 is 11.3 Å². The van der Waals surface area contributed by atoms with E-state index in [-0.39, 0.29) is 11.4 Å². The van der Waals surface area contributed by atoms with E-state index >= 15 is 0 Å². The van der Waals surface area contributed by atoms with E-state index in [4.69, 9.17) is 0 Å². The van der Waals surface area contributed by atoms with Crippen LogP contribution in [0.4, 0.5) is 4.39 Å². The zero-order valence-corrected chi connectivity index (χ0v) is 16.2. The molecule has 0 saturated heterocycles.